The van der Waals surface area contributed by atoms with Crippen LogP contribution in [0.3, 0.4) is 0 Å². The molecule has 2 N–H and O–H groups in total. The highest BCUT2D eigenvalue weighted by atomic mass is 19.3. The molecular formula is C20H24F2N6O2. The maximum Gasteiger partial charge on any atom is 0.270 e. The number of hydrazine groups is 2. The number of oxime groups is 1. The molecule has 0 saturated carbocycles. The number of halogens is 2. The maximum absolute atomic E-state index is 13.2. The van der Waals surface area contributed by atoms with Crippen molar-refractivity contribution in [3.63, 3.8) is 0 Å². The molecule has 0 bridgehead atoms. The van der Waals surface area contributed by atoms with Crippen LogP contribution in [0.25, 0.3) is 0 Å². The van der Waals surface area contributed by atoms with Crippen LogP contribution in [0.15, 0.2) is 52.9 Å². The lowest BCUT2D eigenvalue weighted by Gasteiger charge is -2.16. The highest BCUT2D eigenvalue weighted by molar-refractivity contribution is 5.98. The quantitative estimate of drug-likeness (QED) is 0.481. The lowest BCUT2D eigenvalue weighted by atomic mass is 10.1. The Morgan fingerprint density at radius 1 is 1.17 bits per heavy atom. The zero-order valence-electron chi connectivity index (χ0n) is 17.0. The van der Waals surface area contributed by atoms with Gasteiger partial charge in [-0.15, -0.1) is 10.6 Å². The zero-order chi connectivity index (χ0) is 21.6. The first-order chi connectivity index (χ1) is 14.4. The molecule has 30 heavy (non-hydrogen) atoms. The molecule has 0 fully saturated rings. The molecule has 0 spiro atoms. The number of ether oxygens (including phenoxy) is 1. The van der Waals surface area contributed by atoms with Crippen molar-refractivity contribution >= 4 is 11.5 Å². The van der Waals surface area contributed by atoms with Gasteiger partial charge in [-0.3, -0.25) is 5.01 Å². The van der Waals surface area contributed by atoms with Gasteiger partial charge in [-0.2, -0.15) is 0 Å². The largest absolute Gasteiger partial charge is 0.469 e. The molecule has 0 aliphatic carbocycles. The number of amidine groups is 1. The van der Waals surface area contributed by atoms with E-state index in [-0.39, 0.29) is 18.8 Å². The minimum atomic E-state index is -2.86. The standard InChI is InChI=1S/C20H24F2N6O2/c1-4-28-18(24-26-27-28)13-29-19-10-7-16(11-23-19)14(2)25-30-12-15-5-8-17(9-6-15)20(3,21)22/h5-11,26-27H,4,12-13H2,1-3H3. The number of aromatic nitrogens is 1. The summed E-state index contributed by atoms with van der Waals surface area (Å²) in [4.78, 5) is 9.60. The average molecular weight is 418 g/mol. The van der Waals surface area contributed by atoms with E-state index in [1.54, 1.807) is 31.3 Å². The summed E-state index contributed by atoms with van der Waals surface area (Å²) in [6.07, 6.45) is 1.64. The van der Waals surface area contributed by atoms with Crippen LogP contribution in [0.1, 0.15) is 37.5 Å². The van der Waals surface area contributed by atoms with Crippen molar-refractivity contribution in [3.05, 3.63) is 59.3 Å². The number of nitrogens with one attached hydrogen (secondary N) is 2. The first-order valence-corrected chi connectivity index (χ1v) is 9.44. The van der Waals surface area contributed by atoms with Gasteiger partial charge in [0.15, 0.2) is 12.4 Å². The van der Waals surface area contributed by atoms with Crippen molar-refractivity contribution in [1.82, 2.24) is 21.1 Å². The lowest BCUT2D eigenvalue weighted by Crippen LogP contribution is -2.42. The number of alkyl halides is 2. The highest BCUT2D eigenvalue weighted by Crippen LogP contribution is 2.26. The fraction of sp³-hybridized carbons (Fsp3) is 0.350. The number of benzene rings is 1. The number of pyridine rings is 1. The fourth-order valence-corrected chi connectivity index (χ4v) is 2.61. The summed E-state index contributed by atoms with van der Waals surface area (Å²) in [5, 5.41) is 9.97. The number of hydrazone groups is 1. The van der Waals surface area contributed by atoms with Crippen molar-refractivity contribution in [3.8, 4) is 5.88 Å². The molecule has 0 atom stereocenters. The molecule has 0 radical (unpaired) electrons. The van der Waals surface area contributed by atoms with Gasteiger partial charge in [0, 0.05) is 36.9 Å². The Labute approximate surface area is 173 Å². The topological polar surface area (TPSA) is 83.4 Å². The Kier molecular flexibility index (Phi) is 6.78. The first kappa shape index (κ1) is 21.4. The second kappa shape index (κ2) is 9.49. The molecule has 2 heterocycles. The molecule has 160 valence electrons. The van der Waals surface area contributed by atoms with E-state index in [9.17, 15) is 8.78 Å². The molecule has 10 heteroatoms. The summed E-state index contributed by atoms with van der Waals surface area (Å²) in [5.41, 5.74) is 7.68. The monoisotopic (exact) mass is 418 g/mol. The van der Waals surface area contributed by atoms with Gasteiger partial charge in [-0.1, -0.05) is 29.4 Å². The lowest BCUT2D eigenvalue weighted by molar-refractivity contribution is 0.0174. The minimum absolute atomic E-state index is 0.0331. The Hall–Kier alpha value is -3.27. The predicted molar refractivity (Wildman–Crippen MR) is 109 cm³/mol. The molecule has 1 aromatic carbocycles. The van der Waals surface area contributed by atoms with Gasteiger partial charge in [-0.25, -0.2) is 19.3 Å². The third kappa shape index (κ3) is 5.63. The van der Waals surface area contributed by atoms with Crippen molar-refractivity contribution < 1.29 is 18.4 Å². The summed E-state index contributed by atoms with van der Waals surface area (Å²) in [5.74, 6) is -1.67. The second-order valence-corrected chi connectivity index (χ2v) is 6.71. The fourth-order valence-electron chi connectivity index (χ4n) is 2.61. The molecule has 3 rings (SSSR count). The van der Waals surface area contributed by atoms with Gasteiger partial charge < -0.3 is 9.57 Å². The van der Waals surface area contributed by atoms with Gasteiger partial charge in [-0.05, 0) is 25.5 Å². The summed E-state index contributed by atoms with van der Waals surface area (Å²) in [6, 6.07) is 9.55. The maximum atomic E-state index is 13.2. The van der Waals surface area contributed by atoms with Crippen LogP contribution in [0, 0.1) is 0 Å². The van der Waals surface area contributed by atoms with Crippen molar-refractivity contribution in [2.75, 3.05) is 13.2 Å². The van der Waals surface area contributed by atoms with Crippen LogP contribution in [0.5, 0.6) is 5.88 Å². The Morgan fingerprint density at radius 3 is 2.57 bits per heavy atom. The van der Waals surface area contributed by atoms with Crippen LogP contribution in [-0.4, -0.2) is 34.7 Å². The Balaban J connectivity index is 1.50. The average Bonchev–Trinajstić information content (AvgIpc) is 3.20. The summed E-state index contributed by atoms with van der Waals surface area (Å²) < 4.78 is 32.1. The second-order valence-electron chi connectivity index (χ2n) is 6.71. The van der Waals surface area contributed by atoms with E-state index in [0.29, 0.717) is 11.6 Å². The van der Waals surface area contributed by atoms with Crippen LogP contribution in [0.4, 0.5) is 8.78 Å². The molecule has 1 aliphatic heterocycles. The van der Waals surface area contributed by atoms with E-state index >= 15 is 0 Å². The SMILES string of the molecule is CCN1NNN=C1COc1ccc(C(C)=NOCc2ccc(C(C)(F)F)cc2)cn1. The van der Waals surface area contributed by atoms with E-state index in [1.165, 1.54) is 12.1 Å². The number of rotatable bonds is 9. The number of hydrogen-bond acceptors (Lipinski definition) is 8. The highest BCUT2D eigenvalue weighted by Gasteiger charge is 2.23. The van der Waals surface area contributed by atoms with Crippen LogP contribution in [0.2, 0.25) is 0 Å². The Bertz CT molecular complexity index is 895. The number of likely N-dealkylation sites (N-methyl/N-ethyl adjacent to an activating group) is 1. The normalized spacial score (nSPS) is 14.4. The smallest absolute Gasteiger partial charge is 0.270 e. The van der Waals surface area contributed by atoms with Crippen LogP contribution >= 0.6 is 0 Å². The minimum Gasteiger partial charge on any atom is -0.469 e. The molecule has 0 unspecified atom stereocenters. The van der Waals surface area contributed by atoms with Crippen molar-refractivity contribution in [2.24, 2.45) is 10.3 Å². The van der Waals surface area contributed by atoms with E-state index in [2.05, 4.69) is 26.3 Å². The zero-order valence-corrected chi connectivity index (χ0v) is 17.0. The van der Waals surface area contributed by atoms with E-state index < -0.39 is 5.92 Å². The molecule has 1 aromatic heterocycles. The third-order valence-corrected chi connectivity index (χ3v) is 4.39. The van der Waals surface area contributed by atoms with Gasteiger partial charge in [0.05, 0.1) is 5.71 Å². The summed E-state index contributed by atoms with van der Waals surface area (Å²) >= 11 is 0. The van der Waals surface area contributed by atoms with Gasteiger partial charge in [0.25, 0.3) is 5.92 Å². The van der Waals surface area contributed by atoms with E-state index in [0.717, 1.165) is 30.4 Å². The van der Waals surface area contributed by atoms with Gasteiger partial charge >= 0.3 is 0 Å². The number of nitrogens with zero attached hydrogens (tertiary/aromatic N) is 4. The summed E-state index contributed by atoms with van der Waals surface area (Å²) in [6.45, 7) is 5.85. The summed E-state index contributed by atoms with van der Waals surface area (Å²) in [7, 11) is 0. The molecule has 8 nitrogen and oxygen atoms in total. The number of hydrogen-bond donors (Lipinski definition) is 2. The van der Waals surface area contributed by atoms with E-state index in [1.807, 2.05) is 18.0 Å². The molecular weight excluding hydrogens is 394 g/mol. The Morgan fingerprint density at radius 2 is 1.93 bits per heavy atom. The van der Waals surface area contributed by atoms with Gasteiger partial charge in [0.1, 0.15) is 6.61 Å². The van der Waals surface area contributed by atoms with Crippen LogP contribution in [-0.2, 0) is 17.4 Å². The van der Waals surface area contributed by atoms with Gasteiger partial charge in [0.2, 0.25) is 5.88 Å². The molecule has 0 amide bonds. The first-order valence-electron chi connectivity index (χ1n) is 9.44. The molecule has 2 aromatic rings. The van der Waals surface area contributed by atoms with Crippen molar-refractivity contribution in [2.45, 2.75) is 33.3 Å². The van der Waals surface area contributed by atoms with Crippen LogP contribution < -0.4 is 15.8 Å². The third-order valence-electron chi connectivity index (χ3n) is 4.39. The van der Waals surface area contributed by atoms with E-state index in [4.69, 9.17) is 9.57 Å². The predicted octanol–water partition coefficient (Wildman–Crippen LogP) is 3.17. The molecule has 0 saturated heterocycles. The van der Waals surface area contributed by atoms with Crippen molar-refractivity contribution in [1.29, 1.82) is 0 Å². The molecule has 1 aliphatic rings.